The fraction of sp³-hybridized carbons (Fsp3) is 0.300. The summed E-state index contributed by atoms with van der Waals surface area (Å²) >= 11 is 1.60. The third kappa shape index (κ3) is 3.83. The molecule has 2 amide bonds. The molecule has 7 heteroatoms. The molecule has 1 atom stereocenters. The molecule has 27 heavy (non-hydrogen) atoms. The van der Waals surface area contributed by atoms with Crippen molar-refractivity contribution in [3.8, 4) is 0 Å². The van der Waals surface area contributed by atoms with Crippen LogP contribution in [0.4, 0.5) is 0 Å². The highest BCUT2D eigenvalue weighted by atomic mass is 32.1. The number of hydrogen-bond donors (Lipinski definition) is 0. The number of rotatable bonds is 5. The number of thiazole rings is 1. The monoisotopic (exact) mass is 380 g/mol. The fourth-order valence-electron chi connectivity index (χ4n) is 3.38. The van der Waals surface area contributed by atoms with Gasteiger partial charge in [-0.15, -0.1) is 11.3 Å². The van der Waals surface area contributed by atoms with Crippen molar-refractivity contribution in [3.63, 3.8) is 0 Å². The van der Waals surface area contributed by atoms with E-state index >= 15 is 0 Å². The van der Waals surface area contributed by atoms with E-state index < -0.39 is 0 Å². The van der Waals surface area contributed by atoms with Crippen LogP contribution in [-0.2, 0) is 22.7 Å². The van der Waals surface area contributed by atoms with Crippen molar-refractivity contribution in [2.45, 2.75) is 19.5 Å². The van der Waals surface area contributed by atoms with Crippen LogP contribution in [-0.4, -0.2) is 45.2 Å². The highest BCUT2D eigenvalue weighted by molar-refractivity contribution is 7.18. The first-order chi connectivity index (χ1) is 13.1. The second kappa shape index (κ2) is 7.44. The molecule has 0 bridgehead atoms. The van der Waals surface area contributed by atoms with Crippen LogP contribution in [0.5, 0.6) is 0 Å². The fourth-order valence-corrected chi connectivity index (χ4v) is 4.40. The maximum absolute atomic E-state index is 12.8. The largest absolute Gasteiger partial charge is 0.339 e. The molecule has 6 nitrogen and oxygen atoms in total. The summed E-state index contributed by atoms with van der Waals surface area (Å²) in [6.07, 6.45) is 3.73. The predicted molar refractivity (Wildman–Crippen MR) is 104 cm³/mol. The zero-order valence-electron chi connectivity index (χ0n) is 15.0. The summed E-state index contributed by atoms with van der Waals surface area (Å²) in [5.41, 5.74) is 1.93. The van der Waals surface area contributed by atoms with Crippen LogP contribution in [0.3, 0.4) is 0 Å². The number of para-hydroxylation sites is 1. The van der Waals surface area contributed by atoms with Crippen LogP contribution in [0, 0.1) is 5.92 Å². The molecule has 0 spiro atoms. The number of aromatic nitrogens is 2. The summed E-state index contributed by atoms with van der Waals surface area (Å²) in [6.45, 7) is 1.42. The smallest absolute Gasteiger partial charge is 0.228 e. The number of carbonyl (C=O) groups is 2. The SMILES string of the molecule is CN(Cc1nc2ccccc2s1)C(=O)[C@H]1CC(=O)N(Cc2cccnc2)C1. The summed E-state index contributed by atoms with van der Waals surface area (Å²) in [4.78, 5) is 37.2. The summed E-state index contributed by atoms with van der Waals surface area (Å²) in [6, 6.07) is 11.7. The van der Waals surface area contributed by atoms with E-state index in [9.17, 15) is 9.59 Å². The van der Waals surface area contributed by atoms with Gasteiger partial charge in [-0.25, -0.2) is 4.98 Å². The minimum absolute atomic E-state index is 0.00343. The molecule has 0 saturated carbocycles. The van der Waals surface area contributed by atoms with Gasteiger partial charge >= 0.3 is 0 Å². The van der Waals surface area contributed by atoms with E-state index in [1.165, 1.54) is 0 Å². The molecule has 0 N–H and O–H groups in total. The molecule has 0 unspecified atom stereocenters. The first-order valence-electron chi connectivity index (χ1n) is 8.86. The van der Waals surface area contributed by atoms with E-state index in [-0.39, 0.29) is 24.2 Å². The van der Waals surface area contributed by atoms with Crippen molar-refractivity contribution in [2.75, 3.05) is 13.6 Å². The number of benzene rings is 1. The average molecular weight is 380 g/mol. The third-order valence-electron chi connectivity index (χ3n) is 4.75. The lowest BCUT2D eigenvalue weighted by Crippen LogP contribution is -2.34. The molecule has 1 fully saturated rings. The highest BCUT2D eigenvalue weighted by Gasteiger charge is 2.35. The molecule has 0 radical (unpaired) electrons. The number of nitrogens with zero attached hydrogens (tertiary/aromatic N) is 4. The van der Waals surface area contributed by atoms with E-state index in [1.807, 2.05) is 36.4 Å². The first-order valence-corrected chi connectivity index (χ1v) is 9.68. The van der Waals surface area contributed by atoms with Crippen LogP contribution < -0.4 is 0 Å². The Morgan fingerprint density at radius 1 is 1.30 bits per heavy atom. The van der Waals surface area contributed by atoms with E-state index in [4.69, 9.17) is 0 Å². The Balaban J connectivity index is 1.39. The quantitative estimate of drug-likeness (QED) is 0.683. The number of amides is 2. The molecule has 138 valence electrons. The number of pyridine rings is 1. The third-order valence-corrected chi connectivity index (χ3v) is 5.77. The second-order valence-electron chi connectivity index (χ2n) is 6.81. The summed E-state index contributed by atoms with van der Waals surface area (Å²) in [5.74, 6) is -0.282. The minimum Gasteiger partial charge on any atom is -0.339 e. The molecule has 1 aliphatic rings. The van der Waals surface area contributed by atoms with Crippen molar-refractivity contribution in [1.82, 2.24) is 19.8 Å². The van der Waals surface area contributed by atoms with Gasteiger partial charge in [0.05, 0.1) is 22.7 Å². The number of carbonyl (C=O) groups excluding carboxylic acids is 2. The minimum atomic E-state index is -0.298. The van der Waals surface area contributed by atoms with Crippen molar-refractivity contribution < 1.29 is 9.59 Å². The Morgan fingerprint density at radius 2 is 2.15 bits per heavy atom. The zero-order valence-corrected chi connectivity index (χ0v) is 15.9. The molecule has 2 aromatic heterocycles. The van der Waals surface area contributed by atoms with Gasteiger partial charge in [-0.05, 0) is 23.8 Å². The Kier molecular flexibility index (Phi) is 4.85. The van der Waals surface area contributed by atoms with Gasteiger partial charge in [0.25, 0.3) is 0 Å². The Labute approximate surface area is 161 Å². The lowest BCUT2D eigenvalue weighted by molar-refractivity contribution is -0.135. The number of likely N-dealkylation sites (tertiary alicyclic amines) is 1. The van der Waals surface area contributed by atoms with Gasteiger partial charge in [-0.2, -0.15) is 0 Å². The van der Waals surface area contributed by atoms with Crippen molar-refractivity contribution in [3.05, 3.63) is 59.4 Å². The molecule has 3 heterocycles. The summed E-state index contributed by atoms with van der Waals surface area (Å²) in [7, 11) is 1.78. The van der Waals surface area contributed by atoms with Gasteiger partial charge in [-0.3, -0.25) is 14.6 Å². The Hall–Kier alpha value is -2.80. The van der Waals surface area contributed by atoms with Crippen LogP contribution >= 0.6 is 11.3 Å². The van der Waals surface area contributed by atoms with E-state index in [2.05, 4.69) is 9.97 Å². The van der Waals surface area contributed by atoms with Crippen LogP contribution in [0.1, 0.15) is 17.0 Å². The molecule has 1 saturated heterocycles. The lowest BCUT2D eigenvalue weighted by atomic mass is 10.1. The number of fused-ring (bicyclic) bond motifs is 1. The van der Waals surface area contributed by atoms with E-state index in [1.54, 1.807) is 40.6 Å². The Bertz CT molecular complexity index is 939. The molecule has 3 aromatic rings. The van der Waals surface area contributed by atoms with Crippen molar-refractivity contribution in [2.24, 2.45) is 5.92 Å². The topological polar surface area (TPSA) is 66.4 Å². The summed E-state index contributed by atoms with van der Waals surface area (Å²) in [5, 5.41) is 0.906. The molecular formula is C20H20N4O2S. The van der Waals surface area contributed by atoms with Gasteiger partial charge in [0.1, 0.15) is 5.01 Å². The van der Waals surface area contributed by atoms with Gasteiger partial charge < -0.3 is 9.80 Å². The molecule has 4 rings (SSSR count). The van der Waals surface area contributed by atoms with Crippen LogP contribution in [0.15, 0.2) is 48.8 Å². The first kappa shape index (κ1) is 17.6. The lowest BCUT2D eigenvalue weighted by Gasteiger charge is -2.20. The van der Waals surface area contributed by atoms with Crippen molar-refractivity contribution in [1.29, 1.82) is 0 Å². The number of hydrogen-bond acceptors (Lipinski definition) is 5. The van der Waals surface area contributed by atoms with E-state index in [0.29, 0.717) is 19.6 Å². The average Bonchev–Trinajstić information content (AvgIpc) is 3.25. The molecule has 1 aliphatic heterocycles. The van der Waals surface area contributed by atoms with Crippen LogP contribution in [0.25, 0.3) is 10.2 Å². The molecular weight excluding hydrogens is 360 g/mol. The van der Waals surface area contributed by atoms with E-state index in [0.717, 1.165) is 20.8 Å². The Morgan fingerprint density at radius 3 is 2.93 bits per heavy atom. The van der Waals surface area contributed by atoms with Gasteiger partial charge in [0.15, 0.2) is 0 Å². The zero-order chi connectivity index (χ0) is 18.8. The predicted octanol–water partition coefficient (Wildman–Crippen LogP) is 2.70. The second-order valence-corrected chi connectivity index (χ2v) is 7.92. The normalized spacial score (nSPS) is 16.9. The maximum Gasteiger partial charge on any atom is 0.228 e. The maximum atomic E-state index is 12.8. The van der Waals surface area contributed by atoms with Gasteiger partial charge in [0, 0.05) is 39.0 Å². The van der Waals surface area contributed by atoms with Gasteiger partial charge in [0.2, 0.25) is 11.8 Å². The van der Waals surface area contributed by atoms with Crippen LogP contribution in [0.2, 0.25) is 0 Å². The molecule has 1 aromatic carbocycles. The van der Waals surface area contributed by atoms with Gasteiger partial charge in [-0.1, -0.05) is 18.2 Å². The molecule has 0 aliphatic carbocycles. The standard InChI is InChI=1S/C20H20N4O2S/c1-23(13-18-22-16-6-2-3-7-17(16)27-18)20(26)15-9-19(25)24(12-15)11-14-5-4-8-21-10-14/h2-8,10,15H,9,11-13H2,1H3/t15-/m0/s1. The summed E-state index contributed by atoms with van der Waals surface area (Å²) < 4.78 is 1.12. The van der Waals surface area contributed by atoms with Crippen molar-refractivity contribution >= 4 is 33.4 Å². The highest BCUT2D eigenvalue weighted by Crippen LogP contribution is 2.25.